The van der Waals surface area contributed by atoms with E-state index in [0.29, 0.717) is 6.26 Å². The second-order valence-electron chi connectivity index (χ2n) is 0.733. The molecule has 0 aliphatic heterocycles. The monoisotopic (exact) mass is 158 g/mol. The quantitative estimate of drug-likeness (QED) is 0.382. The number of hydrogen-bond donors (Lipinski definition) is 1. The van der Waals surface area contributed by atoms with E-state index >= 15 is 0 Å². The Kier molecular flexibility index (Phi) is 11.8. The van der Waals surface area contributed by atoms with Crippen molar-refractivity contribution in [2.45, 2.75) is 0 Å². The van der Waals surface area contributed by atoms with Gasteiger partial charge in [-0.05, 0) is 0 Å². The predicted octanol–water partition coefficient (Wildman–Crippen LogP) is -0.499. The van der Waals surface area contributed by atoms with E-state index in [1.54, 1.807) is 0 Å². The summed E-state index contributed by atoms with van der Waals surface area (Å²) in [4.78, 5) is 0. The summed E-state index contributed by atoms with van der Waals surface area (Å²) >= 11 is 0. The van der Waals surface area contributed by atoms with Gasteiger partial charge in [0.1, 0.15) is 0 Å². The third-order valence-corrected chi connectivity index (χ3v) is 0. The van der Waals surface area contributed by atoms with Crippen molar-refractivity contribution in [2.75, 3.05) is 6.26 Å². The van der Waals surface area contributed by atoms with E-state index < -0.39 is 10.1 Å². The fourth-order valence-corrected chi connectivity index (χ4v) is 0. The molecule has 1 N–H and O–H groups in total. The van der Waals surface area contributed by atoms with Gasteiger partial charge in [-0.25, -0.2) is 0 Å². The Morgan fingerprint density at radius 3 is 1.57 bits per heavy atom. The zero-order chi connectivity index (χ0) is 4.50. The largest absolute Gasteiger partial charge is 2.00 e. The standard InChI is InChI=1S/CH4O3S.Ca.FH.2H/c1-5(2,3)4;;;;/h1H3,(H,2,3,4);;1H;;/q;+2;;2*-1. The molecule has 0 fully saturated rings. The molecule has 0 atom stereocenters. The van der Waals surface area contributed by atoms with Crippen molar-refractivity contribution < 1.29 is 20.5 Å². The molecule has 0 aromatic heterocycles. The number of rotatable bonds is 0. The van der Waals surface area contributed by atoms with Crippen LogP contribution in [0.25, 0.3) is 0 Å². The van der Waals surface area contributed by atoms with Crippen molar-refractivity contribution in [2.24, 2.45) is 0 Å². The summed E-state index contributed by atoms with van der Waals surface area (Å²) in [5, 5.41) is 0. The molecule has 3 nitrogen and oxygen atoms in total. The molecule has 0 heterocycles. The van der Waals surface area contributed by atoms with E-state index in [0.717, 1.165) is 0 Å². The van der Waals surface area contributed by atoms with Gasteiger partial charge in [-0.3, -0.25) is 9.26 Å². The van der Waals surface area contributed by atoms with Gasteiger partial charge in [0.15, 0.2) is 0 Å². The summed E-state index contributed by atoms with van der Waals surface area (Å²) in [6.45, 7) is 0. The summed E-state index contributed by atoms with van der Waals surface area (Å²) in [7, 11) is -3.67. The van der Waals surface area contributed by atoms with E-state index in [1.807, 2.05) is 0 Å². The maximum absolute atomic E-state index is 9.19. The van der Waals surface area contributed by atoms with Crippen molar-refractivity contribution >= 4 is 47.9 Å². The Bertz CT molecular complexity index is 105. The molecule has 0 rings (SSSR count). The molecule has 6 heteroatoms. The van der Waals surface area contributed by atoms with Crippen LogP contribution >= 0.6 is 0 Å². The summed E-state index contributed by atoms with van der Waals surface area (Å²) in [5.41, 5.74) is 0. The van der Waals surface area contributed by atoms with Gasteiger partial charge < -0.3 is 2.85 Å². The van der Waals surface area contributed by atoms with Gasteiger partial charge in [0.05, 0.1) is 6.26 Å². The zero-order valence-electron chi connectivity index (χ0n) is 5.79. The molecular weight excluding hydrogens is 151 g/mol. The van der Waals surface area contributed by atoms with Gasteiger partial charge in [0, 0.05) is 0 Å². The Hall–Kier alpha value is 1.10. The summed E-state index contributed by atoms with van der Waals surface area (Å²) in [6.07, 6.45) is 0.715. The van der Waals surface area contributed by atoms with Crippen LogP contribution in [0.1, 0.15) is 2.85 Å². The van der Waals surface area contributed by atoms with E-state index in [2.05, 4.69) is 0 Å². The first kappa shape index (κ1) is 15.7. The van der Waals surface area contributed by atoms with Crippen molar-refractivity contribution in [1.82, 2.24) is 0 Å². The van der Waals surface area contributed by atoms with Crippen LogP contribution in [-0.2, 0) is 10.1 Å². The molecule has 0 aliphatic carbocycles. The fourth-order valence-electron chi connectivity index (χ4n) is 0. The van der Waals surface area contributed by atoms with Crippen LogP contribution in [0.4, 0.5) is 4.70 Å². The van der Waals surface area contributed by atoms with E-state index in [4.69, 9.17) is 4.55 Å². The number of hydrogen-bond acceptors (Lipinski definition) is 2. The molecule has 0 unspecified atom stereocenters. The normalized spacial score (nSPS) is 8.29. The van der Waals surface area contributed by atoms with Crippen LogP contribution < -0.4 is 0 Å². The summed E-state index contributed by atoms with van der Waals surface area (Å²) in [6, 6.07) is 0. The van der Waals surface area contributed by atoms with Gasteiger partial charge in [0.25, 0.3) is 10.1 Å². The van der Waals surface area contributed by atoms with Gasteiger partial charge in [-0.1, -0.05) is 0 Å². The van der Waals surface area contributed by atoms with Crippen molar-refractivity contribution in [1.29, 1.82) is 0 Å². The van der Waals surface area contributed by atoms with Crippen molar-refractivity contribution in [3.05, 3.63) is 0 Å². The molecule has 0 saturated heterocycles. The molecular formula is CH7CaFO3S. The SMILES string of the molecule is CS(=O)(=O)O.F.[Ca+2].[H-].[H-]. The molecule has 0 bridgehead atoms. The zero-order valence-corrected chi connectivity index (χ0v) is 6.81. The first-order valence-electron chi connectivity index (χ1n) is 0.924. The van der Waals surface area contributed by atoms with Crippen LogP contribution in [0.2, 0.25) is 0 Å². The molecule has 0 aliphatic rings. The second-order valence-corrected chi connectivity index (χ2v) is 2.20. The molecule has 7 heavy (non-hydrogen) atoms. The first-order chi connectivity index (χ1) is 2.00. The molecule has 0 aromatic rings. The second kappa shape index (κ2) is 5.24. The third-order valence-electron chi connectivity index (χ3n) is 0. The minimum Gasteiger partial charge on any atom is -1.00 e. The van der Waals surface area contributed by atoms with Crippen molar-refractivity contribution in [3.63, 3.8) is 0 Å². The third kappa shape index (κ3) is 153. The minimum absolute atomic E-state index is 0. The summed E-state index contributed by atoms with van der Waals surface area (Å²) < 4.78 is 25.9. The Labute approximate surface area is 74.2 Å². The maximum Gasteiger partial charge on any atom is 2.00 e. The van der Waals surface area contributed by atoms with E-state index in [-0.39, 0.29) is 45.3 Å². The van der Waals surface area contributed by atoms with Gasteiger partial charge in [-0.2, -0.15) is 8.42 Å². The molecule has 0 amide bonds. The van der Waals surface area contributed by atoms with Crippen LogP contribution in [-0.4, -0.2) is 57.0 Å². The fraction of sp³-hybridized carbons (Fsp3) is 1.00. The van der Waals surface area contributed by atoms with E-state index in [9.17, 15) is 8.42 Å². The molecule has 0 radical (unpaired) electrons. The Morgan fingerprint density at radius 1 is 1.57 bits per heavy atom. The van der Waals surface area contributed by atoms with Gasteiger partial charge in [-0.15, -0.1) is 0 Å². The molecule has 0 aromatic carbocycles. The van der Waals surface area contributed by atoms with Crippen LogP contribution in [0.3, 0.4) is 0 Å². The predicted molar refractivity (Wildman–Crippen MR) is 28.0 cm³/mol. The average Bonchev–Trinajstić information content (AvgIpc) is 0.722. The number of halogens is 1. The minimum atomic E-state index is -3.67. The maximum atomic E-state index is 9.19. The smallest absolute Gasteiger partial charge is 1.00 e. The van der Waals surface area contributed by atoms with Crippen LogP contribution in [0.15, 0.2) is 0 Å². The van der Waals surface area contributed by atoms with Crippen LogP contribution in [0, 0.1) is 0 Å². The molecule has 44 valence electrons. The molecule has 0 saturated carbocycles. The van der Waals surface area contributed by atoms with Crippen LogP contribution in [0.5, 0.6) is 0 Å². The van der Waals surface area contributed by atoms with Gasteiger partial charge in [0.2, 0.25) is 0 Å². The molecule has 0 spiro atoms. The Balaban J connectivity index is -0.0000000133. The van der Waals surface area contributed by atoms with E-state index in [1.165, 1.54) is 0 Å². The van der Waals surface area contributed by atoms with Crippen molar-refractivity contribution in [3.8, 4) is 0 Å². The topological polar surface area (TPSA) is 54.4 Å². The van der Waals surface area contributed by atoms with Gasteiger partial charge >= 0.3 is 37.7 Å². The Morgan fingerprint density at radius 2 is 1.57 bits per heavy atom. The average molecular weight is 158 g/mol. The summed E-state index contributed by atoms with van der Waals surface area (Å²) in [5.74, 6) is 0. The first-order valence-corrected chi connectivity index (χ1v) is 2.77.